The van der Waals surface area contributed by atoms with E-state index in [0.29, 0.717) is 22.6 Å². The monoisotopic (exact) mass is 534 g/mol. The Labute approximate surface area is 225 Å². The van der Waals surface area contributed by atoms with Gasteiger partial charge in [0.05, 0.1) is 18.8 Å². The number of phenolic OH excluding ortho intramolecular Hbond substituents is 1. The zero-order valence-electron chi connectivity index (χ0n) is 21.5. The third-order valence-electron chi connectivity index (χ3n) is 6.64. The number of rotatable bonds is 12. The number of hydrogen-bond acceptors (Lipinski definition) is 7. The highest BCUT2D eigenvalue weighted by Crippen LogP contribution is 2.31. The van der Waals surface area contributed by atoms with Gasteiger partial charge in [-0.15, -0.1) is 0 Å². The zero-order valence-corrected chi connectivity index (χ0v) is 21.5. The molecule has 0 heterocycles. The van der Waals surface area contributed by atoms with Gasteiger partial charge >= 0.3 is 11.9 Å². The van der Waals surface area contributed by atoms with E-state index in [-0.39, 0.29) is 53.7 Å². The van der Waals surface area contributed by atoms with E-state index < -0.39 is 17.7 Å². The minimum Gasteiger partial charge on any atom is -0.507 e. The number of aromatic hydroxyl groups is 1. The summed E-state index contributed by atoms with van der Waals surface area (Å²) >= 11 is 0. The minimum atomic E-state index is -1.11. The van der Waals surface area contributed by atoms with Crippen molar-refractivity contribution >= 4 is 17.7 Å². The first kappa shape index (κ1) is 27.5. The van der Waals surface area contributed by atoms with Crippen molar-refractivity contribution < 1.29 is 43.9 Å². The Balaban J connectivity index is 1.53. The van der Waals surface area contributed by atoms with E-state index in [0.717, 1.165) is 25.7 Å². The van der Waals surface area contributed by atoms with Gasteiger partial charge in [-0.2, -0.15) is 0 Å². The molecule has 3 aromatic rings. The normalized spacial score (nSPS) is 13.2. The third kappa shape index (κ3) is 6.87. The van der Waals surface area contributed by atoms with Gasteiger partial charge in [0.2, 0.25) is 0 Å². The maximum atomic E-state index is 13.2. The molecule has 0 spiro atoms. The van der Waals surface area contributed by atoms with Crippen LogP contribution in [0.5, 0.6) is 23.0 Å². The van der Waals surface area contributed by atoms with Crippen molar-refractivity contribution in [3.63, 3.8) is 0 Å². The summed E-state index contributed by atoms with van der Waals surface area (Å²) in [6, 6.07) is 13.9. The number of carboxylic acid groups (broad SMARTS) is 2. The topological polar surface area (TPSA) is 140 Å². The van der Waals surface area contributed by atoms with Crippen molar-refractivity contribution in [1.82, 2.24) is 0 Å². The molecule has 9 heteroatoms. The molecule has 1 saturated carbocycles. The van der Waals surface area contributed by atoms with Gasteiger partial charge in [-0.3, -0.25) is 9.59 Å². The number of carboxylic acids is 2. The number of benzene rings is 3. The van der Waals surface area contributed by atoms with Crippen LogP contribution in [0.1, 0.15) is 69.5 Å². The van der Waals surface area contributed by atoms with Gasteiger partial charge in [-0.1, -0.05) is 6.07 Å². The fraction of sp³-hybridized carbons (Fsp3) is 0.300. The number of ether oxygens (including phenoxy) is 3. The number of phenols is 1. The van der Waals surface area contributed by atoms with E-state index in [1.807, 2.05) is 0 Å². The van der Waals surface area contributed by atoms with Crippen LogP contribution in [0.25, 0.3) is 0 Å². The van der Waals surface area contributed by atoms with E-state index in [9.17, 15) is 29.7 Å². The summed E-state index contributed by atoms with van der Waals surface area (Å²) in [5, 5.41) is 29.0. The second-order valence-corrected chi connectivity index (χ2v) is 9.38. The number of methoxy groups -OCH3 is 1. The van der Waals surface area contributed by atoms with Crippen LogP contribution >= 0.6 is 0 Å². The van der Waals surface area contributed by atoms with Gasteiger partial charge in [0.1, 0.15) is 35.2 Å². The largest absolute Gasteiger partial charge is 0.507 e. The Morgan fingerprint density at radius 3 is 2.31 bits per heavy atom. The molecular weight excluding hydrogens is 504 g/mol. The highest BCUT2D eigenvalue weighted by molar-refractivity contribution is 6.11. The maximum Gasteiger partial charge on any atom is 0.339 e. The average molecular weight is 535 g/mol. The summed E-state index contributed by atoms with van der Waals surface area (Å²) in [5.41, 5.74) is 1.56. The van der Waals surface area contributed by atoms with Crippen LogP contribution < -0.4 is 14.2 Å². The lowest BCUT2D eigenvalue weighted by molar-refractivity contribution is -0.136. The van der Waals surface area contributed by atoms with E-state index in [4.69, 9.17) is 14.2 Å². The Morgan fingerprint density at radius 1 is 0.897 bits per heavy atom. The molecule has 0 unspecified atom stereocenters. The van der Waals surface area contributed by atoms with Gasteiger partial charge in [-0.25, -0.2) is 4.79 Å². The summed E-state index contributed by atoms with van der Waals surface area (Å²) in [5.74, 6) is -1.64. The molecule has 0 saturated heterocycles. The van der Waals surface area contributed by atoms with E-state index in [1.54, 1.807) is 36.4 Å². The number of aryl methyl sites for hydroxylation is 1. The quantitative estimate of drug-likeness (QED) is 0.266. The lowest BCUT2D eigenvalue weighted by atomic mass is 9.98. The van der Waals surface area contributed by atoms with Crippen molar-refractivity contribution in [3.8, 4) is 23.0 Å². The second-order valence-electron chi connectivity index (χ2n) is 9.38. The molecule has 4 rings (SSSR count). The van der Waals surface area contributed by atoms with Crippen molar-refractivity contribution in [1.29, 1.82) is 0 Å². The first-order valence-corrected chi connectivity index (χ1v) is 12.7. The van der Waals surface area contributed by atoms with Crippen LogP contribution in [0.15, 0.2) is 54.6 Å². The summed E-state index contributed by atoms with van der Waals surface area (Å²) in [4.78, 5) is 35.8. The molecular formula is C30H30O9. The molecule has 0 aromatic heterocycles. The van der Waals surface area contributed by atoms with Crippen molar-refractivity contribution in [2.24, 2.45) is 0 Å². The number of ketones is 1. The van der Waals surface area contributed by atoms with Crippen molar-refractivity contribution in [3.05, 3.63) is 82.4 Å². The molecule has 0 bridgehead atoms. The Kier molecular flexibility index (Phi) is 8.70. The van der Waals surface area contributed by atoms with E-state index in [1.165, 1.54) is 25.3 Å². The SMILES string of the molecule is COc1cc(COc2ccc(C(=O)c3ccc(OC4CCCC4)cc3O)cc2CCC(=O)O)ccc1C(=O)O. The molecule has 0 amide bonds. The molecule has 0 atom stereocenters. The van der Waals surface area contributed by atoms with Crippen molar-refractivity contribution in [2.45, 2.75) is 51.2 Å². The number of aliphatic carboxylic acids is 1. The molecule has 1 aliphatic rings. The molecule has 3 aromatic carbocycles. The molecule has 0 radical (unpaired) electrons. The first-order valence-electron chi connectivity index (χ1n) is 12.7. The van der Waals surface area contributed by atoms with Crippen LogP contribution in [0, 0.1) is 0 Å². The summed E-state index contributed by atoms with van der Waals surface area (Å²) in [6.45, 7) is 0.0624. The fourth-order valence-corrected chi connectivity index (χ4v) is 4.59. The predicted octanol–water partition coefficient (Wildman–Crippen LogP) is 5.25. The standard InChI is InChI=1S/C30H30O9/c1-37-27-14-18(6-10-24(27)30(35)36)17-38-26-12-7-20(15-19(26)8-13-28(32)33)29(34)23-11-9-22(16-25(23)31)39-21-4-2-3-5-21/h6-7,9-12,14-16,21,31H,2-5,8,13,17H2,1H3,(H,32,33)(H,35,36). The van der Waals surface area contributed by atoms with Gasteiger partial charge < -0.3 is 29.5 Å². The average Bonchev–Trinajstić information content (AvgIpc) is 3.43. The highest BCUT2D eigenvalue weighted by atomic mass is 16.5. The summed E-state index contributed by atoms with van der Waals surface area (Å²) in [7, 11) is 1.38. The molecule has 39 heavy (non-hydrogen) atoms. The minimum absolute atomic E-state index is 0.0210. The third-order valence-corrected chi connectivity index (χ3v) is 6.64. The van der Waals surface area contributed by atoms with Gasteiger partial charge in [0, 0.05) is 18.1 Å². The van der Waals surface area contributed by atoms with E-state index in [2.05, 4.69) is 0 Å². The number of carbonyl (C=O) groups is 3. The maximum absolute atomic E-state index is 13.2. The lowest BCUT2D eigenvalue weighted by Gasteiger charge is -2.15. The Hall–Kier alpha value is -4.53. The second kappa shape index (κ2) is 12.3. The molecule has 1 fully saturated rings. The van der Waals surface area contributed by atoms with Gasteiger partial charge in [0.15, 0.2) is 5.78 Å². The predicted molar refractivity (Wildman–Crippen MR) is 141 cm³/mol. The van der Waals surface area contributed by atoms with Gasteiger partial charge in [0.25, 0.3) is 0 Å². The number of carbonyl (C=O) groups excluding carboxylic acids is 1. The lowest BCUT2D eigenvalue weighted by Crippen LogP contribution is -2.11. The van der Waals surface area contributed by atoms with Crippen LogP contribution in [0.2, 0.25) is 0 Å². The highest BCUT2D eigenvalue weighted by Gasteiger charge is 2.20. The van der Waals surface area contributed by atoms with Crippen LogP contribution in [-0.2, 0) is 17.8 Å². The summed E-state index contributed by atoms with van der Waals surface area (Å²) in [6.07, 6.45) is 4.23. The Morgan fingerprint density at radius 2 is 1.64 bits per heavy atom. The zero-order chi connectivity index (χ0) is 27.9. The van der Waals surface area contributed by atoms with Crippen LogP contribution in [0.4, 0.5) is 0 Å². The molecule has 1 aliphatic carbocycles. The molecule has 0 aliphatic heterocycles. The van der Waals surface area contributed by atoms with Crippen molar-refractivity contribution in [2.75, 3.05) is 7.11 Å². The number of hydrogen-bond donors (Lipinski definition) is 3. The number of aromatic carboxylic acids is 1. The fourth-order valence-electron chi connectivity index (χ4n) is 4.59. The van der Waals surface area contributed by atoms with Gasteiger partial charge in [-0.05, 0) is 85.7 Å². The smallest absolute Gasteiger partial charge is 0.339 e. The molecule has 3 N–H and O–H groups in total. The van der Waals surface area contributed by atoms with Crippen LogP contribution in [-0.4, -0.2) is 46.3 Å². The first-order chi connectivity index (χ1) is 18.7. The van der Waals surface area contributed by atoms with Crippen LogP contribution in [0.3, 0.4) is 0 Å². The summed E-state index contributed by atoms with van der Waals surface area (Å²) < 4.78 is 17.0. The van der Waals surface area contributed by atoms with E-state index >= 15 is 0 Å². The molecule has 204 valence electrons. The molecule has 9 nitrogen and oxygen atoms in total. The Bertz CT molecular complexity index is 1370.